The van der Waals surface area contributed by atoms with Gasteiger partial charge in [0.2, 0.25) is 5.91 Å². The maximum absolute atomic E-state index is 12.1. The topological polar surface area (TPSA) is 53.1 Å². The first-order valence-electron chi connectivity index (χ1n) is 8.02. The number of piperazine rings is 1. The highest BCUT2D eigenvalue weighted by Crippen LogP contribution is 2.11. The molecule has 0 aliphatic carbocycles. The van der Waals surface area contributed by atoms with Crippen molar-refractivity contribution in [3.8, 4) is 0 Å². The molecule has 0 spiro atoms. The van der Waals surface area contributed by atoms with E-state index in [9.17, 15) is 9.59 Å². The van der Waals surface area contributed by atoms with Crippen LogP contribution in [0.15, 0.2) is 0 Å². The highest BCUT2D eigenvalue weighted by atomic mass is 16.5. The number of carbonyl (C=O) groups is 2. The Labute approximate surface area is 127 Å². The van der Waals surface area contributed by atoms with Crippen LogP contribution in [-0.4, -0.2) is 85.0 Å². The van der Waals surface area contributed by atoms with Gasteiger partial charge in [-0.25, -0.2) is 0 Å². The van der Waals surface area contributed by atoms with Crippen molar-refractivity contribution in [1.82, 2.24) is 14.7 Å². The van der Waals surface area contributed by atoms with Gasteiger partial charge in [-0.2, -0.15) is 0 Å². The molecule has 6 nitrogen and oxygen atoms in total. The second-order valence-corrected chi connectivity index (χ2v) is 5.83. The lowest BCUT2D eigenvalue weighted by molar-refractivity contribution is -0.150. The van der Waals surface area contributed by atoms with E-state index in [1.54, 1.807) is 0 Å². The number of hydrogen-bond acceptors (Lipinski definition) is 5. The first kappa shape index (κ1) is 16.2. The Morgan fingerprint density at radius 2 is 1.67 bits per heavy atom. The van der Waals surface area contributed by atoms with Crippen LogP contribution in [0, 0.1) is 0 Å². The minimum absolute atomic E-state index is 0.154. The first-order valence-corrected chi connectivity index (χ1v) is 8.02. The molecule has 0 N–H and O–H groups in total. The lowest BCUT2D eigenvalue weighted by Gasteiger charge is -2.37. The Morgan fingerprint density at radius 3 is 2.24 bits per heavy atom. The molecule has 120 valence electrons. The van der Waals surface area contributed by atoms with Crippen LogP contribution in [0.25, 0.3) is 0 Å². The number of esters is 1. The van der Waals surface area contributed by atoms with Crippen LogP contribution in [-0.2, 0) is 14.3 Å². The van der Waals surface area contributed by atoms with Crippen molar-refractivity contribution in [3.63, 3.8) is 0 Å². The number of rotatable bonds is 5. The third-order valence-electron chi connectivity index (χ3n) is 4.40. The number of likely N-dealkylation sites (tertiary alicyclic amines) is 1. The number of amides is 1. The summed E-state index contributed by atoms with van der Waals surface area (Å²) in [6, 6.07) is -0.193. The third-order valence-corrected chi connectivity index (χ3v) is 4.40. The van der Waals surface area contributed by atoms with Gasteiger partial charge in [0.1, 0.15) is 6.04 Å². The van der Waals surface area contributed by atoms with Crippen molar-refractivity contribution in [2.45, 2.75) is 32.7 Å². The largest absolute Gasteiger partial charge is 0.465 e. The van der Waals surface area contributed by atoms with Crippen molar-refractivity contribution in [1.29, 1.82) is 0 Å². The van der Waals surface area contributed by atoms with Crippen LogP contribution in [0.3, 0.4) is 0 Å². The summed E-state index contributed by atoms with van der Waals surface area (Å²) in [4.78, 5) is 30.1. The molecule has 0 aromatic heterocycles. The summed E-state index contributed by atoms with van der Waals surface area (Å²) in [5, 5.41) is 0. The van der Waals surface area contributed by atoms with E-state index >= 15 is 0 Å². The Morgan fingerprint density at radius 1 is 1.05 bits per heavy atom. The van der Waals surface area contributed by atoms with Gasteiger partial charge >= 0.3 is 5.97 Å². The molecule has 2 heterocycles. The molecular weight excluding hydrogens is 270 g/mol. The van der Waals surface area contributed by atoms with Crippen LogP contribution < -0.4 is 0 Å². The maximum Gasteiger partial charge on any atom is 0.323 e. The Hall–Kier alpha value is -1.14. The van der Waals surface area contributed by atoms with Gasteiger partial charge in [-0.05, 0) is 26.7 Å². The van der Waals surface area contributed by atoms with Gasteiger partial charge in [0.25, 0.3) is 0 Å². The summed E-state index contributed by atoms with van der Waals surface area (Å²) in [5.74, 6) is 0.0958. The minimum atomic E-state index is -0.193. The monoisotopic (exact) mass is 297 g/mol. The van der Waals surface area contributed by atoms with E-state index in [2.05, 4.69) is 9.80 Å². The highest BCUT2D eigenvalue weighted by Gasteiger charge is 2.28. The normalized spacial score (nSPS) is 22.3. The Balaban J connectivity index is 1.72. The average Bonchev–Trinajstić information content (AvgIpc) is 3.02. The van der Waals surface area contributed by atoms with Gasteiger partial charge in [-0.1, -0.05) is 0 Å². The minimum Gasteiger partial charge on any atom is -0.465 e. The average molecular weight is 297 g/mol. The van der Waals surface area contributed by atoms with E-state index in [1.807, 2.05) is 18.7 Å². The maximum atomic E-state index is 12.1. The second kappa shape index (κ2) is 7.75. The number of ether oxygens (including phenoxy) is 1. The molecule has 2 aliphatic rings. The smallest absolute Gasteiger partial charge is 0.323 e. The van der Waals surface area contributed by atoms with Crippen molar-refractivity contribution in [2.24, 2.45) is 0 Å². The van der Waals surface area contributed by atoms with Crippen LogP contribution in [0.5, 0.6) is 0 Å². The molecule has 2 rings (SSSR count). The third kappa shape index (κ3) is 4.41. The predicted octanol–water partition coefficient (Wildman–Crippen LogP) is 0.178. The van der Waals surface area contributed by atoms with E-state index in [0.29, 0.717) is 13.2 Å². The number of nitrogens with zero attached hydrogens (tertiary/aromatic N) is 3. The van der Waals surface area contributed by atoms with Gasteiger partial charge in [0.05, 0.1) is 13.2 Å². The molecule has 6 heteroatoms. The molecule has 0 aromatic carbocycles. The van der Waals surface area contributed by atoms with Crippen molar-refractivity contribution in [2.75, 3.05) is 52.4 Å². The fraction of sp³-hybridized carbons (Fsp3) is 0.867. The Kier molecular flexibility index (Phi) is 5.99. The molecule has 0 radical (unpaired) electrons. The summed E-state index contributed by atoms with van der Waals surface area (Å²) in [7, 11) is 0. The zero-order valence-corrected chi connectivity index (χ0v) is 13.2. The fourth-order valence-electron chi connectivity index (χ4n) is 2.98. The van der Waals surface area contributed by atoms with Gasteiger partial charge < -0.3 is 9.64 Å². The van der Waals surface area contributed by atoms with Crippen LogP contribution in [0.4, 0.5) is 0 Å². The summed E-state index contributed by atoms with van der Waals surface area (Å²) in [6.45, 7) is 9.79. The standard InChI is InChI=1S/C15H27N3O3/c1-3-21-15(20)13(2)17-10-8-16(9-11-17)12-14(19)18-6-4-5-7-18/h13H,3-12H2,1-2H3. The zero-order valence-electron chi connectivity index (χ0n) is 13.2. The number of hydrogen-bond donors (Lipinski definition) is 0. The second-order valence-electron chi connectivity index (χ2n) is 5.83. The van der Waals surface area contributed by atoms with Gasteiger partial charge in [-0.15, -0.1) is 0 Å². The highest BCUT2D eigenvalue weighted by molar-refractivity contribution is 5.78. The lowest BCUT2D eigenvalue weighted by atomic mass is 10.2. The molecule has 1 amide bonds. The van der Waals surface area contributed by atoms with Crippen molar-refractivity contribution >= 4 is 11.9 Å². The summed E-state index contributed by atoms with van der Waals surface area (Å²) < 4.78 is 5.06. The Bertz CT molecular complexity index is 361. The van der Waals surface area contributed by atoms with Crippen molar-refractivity contribution in [3.05, 3.63) is 0 Å². The number of carbonyl (C=O) groups excluding carboxylic acids is 2. The molecule has 21 heavy (non-hydrogen) atoms. The molecule has 0 bridgehead atoms. The molecule has 2 saturated heterocycles. The predicted molar refractivity (Wildman–Crippen MR) is 79.9 cm³/mol. The molecule has 2 aliphatic heterocycles. The van der Waals surface area contributed by atoms with Crippen LogP contribution >= 0.6 is 0 Å². The summed E-state index contributed by atoms with van der Waals surface area (Å²) >= 11 is 0. The molecule has 2 fully saturated rings. The zero-order chi connectivity index (χ0) is 15.2. The van der Waals surface area contributed by atoms with Gasteiger partial charge in [-0.3, -0.25) is 19.4 Å². The van der Waals surface area contributed by atoms with Crippen LogP contribution in [0.1, 0.15) is 26.7 Å². The van der Waals surface area contributed by atoms with E-state index in [4.69, 9.17) is 4.74 Å². The molecular formula is C15H27N3O3. The van der Waals surface area contributed by atoms with E-state index < -0.39 is 0 Å². The molecule has 0 saturated carbocycles. The van der Waals surface area contributed by atoms with E-state index in [0.717, 1.165) is 52.1 Å². The fourth-order valence-corrected chi connectivity index (χ4v) is 2.98. The lowest BCUT2D eigenvalue weighted by Crippen LogP contribution is -2.53. The molecule has 0 aromatic rings. The van der Waals surface area contributed by atoms with Crippen LogP contribution in [0.2, 0.25) is 0 Å². The molecule has 1 atom stereocenters. The van der Waals surface area contributed by atoms with Gasteiger partial charge in [0, 0.05) is 39.3 Å². The first-order chi connectivity index (χ1) is 10.1. The SMILES string of the molecule is CCOC(=O)C(C)N1CCN(CC(=O)N2CCCC2)CC1. The quantitative estimate of drug-likeness (QED) is 0.678. The van der Waals surface area contributed by atoms with Crippen molar-refractivity contribution < 1.29 is 14.3 Å². The van der Waals surface area contributed by atoms with Gasteiger partial charge in [0.15, 0.2) is 0 Å². The van der Waals surface area contributed by atoms with E-state index in [-0.39, 0.29) is 17.9 Å². The van der Waals surface area contributed by atoms with E-state index in [1.165, 1.54) is 0 Å². The molecule has 1 unspecified atom stereocenters. The summed E-state index contributed by atoms with van der Waals surface area (Å²) in [5.41, 5.74) is 0. The summed E-state index contributed by atoms with van der Waals surface area (Å²) in [6.07, 6.45) is 2.27.